The zero-order valence-electron chi connectivity index (χ0n) is 8.24. The van der Waals surface area contributed by atoms with Crippen LogP contribution in [0.3, 0.4) is 0 Å². The lowest BCUT2D eigenvalue weighted by molar-refractivity contribution is 0.488. The highest BCUT2D eigenvalue weighted by atomic mass is 32.1. The molecule has 0 amide bonds. The van der Waals surface area contributed by atoms with Crippen LogP contribution in [0.5, 0.6) is 0 Å². The van der Waals surface area contributed by atoms with E-state index in [1.165, 1.54) is 0 Å². The Labute approximate surface area is 82.6 Å². The van der Waals surface area contributed by atoms with Crippen molar-refractivity contribution in [1.29, 1.82) is 0 Å². The summed E-state index contributed by atoms with van der Waals surface area (Å²) in [5.74, 6) is 0.488. The maximum absolute atomic E-state index is 5.92. The van der Waals surface area contributed by atoms with Gasteiger partial charge < -0.3 is 11.1 Å². The Balaban J connectivity index is 2.53. The Morgan fingerprint density at radius 2 is 2.15 bits per heavy atom. The van der Waals surface area contributed by atoms with E-state index in [0.29, 0.717) is 5.92 Å². The Hall–Kier alpha value is -0.680. The molecule has 0 aliphatic carbocycles. The quantitative estimate of drug-likeness (QED) is 0.764. The van der Waals surface area contributed by atoms with Gasteiger partial charge in [0.1, 0.15) is 5.01 Å². The molecule has 1 heterocycles. The molecular formula is C8H16N4S. The van der Waals surface area contributed by atoms with Gasteiger partial charge in [-0.2, -0.15) is 0 Å². The van der Waals surface area contributed by atoms with Crippen LogP contribution in [0.1, 0.15) is 18.9 Å². The van der Waals surface area contributed by atoms with Gasteiger partial charge in [-0.25, -0.2) is 0 Å². The molecule has 0 fully saturated rings. The number of rotatable bonds is 4. The van der Waals surface area contributed by atoms with E-state index in [4.69, 9.17) is 5.73 Å². The number of aromatic nitrogens is 2. The lowest BCUT2D eigenvalue weighted by Gasteiger charge is -2.12. The van der Waals surface area contributed by atoms with E-state index in [1.807, 2.05) is 7.05 Å². The van der Waals surface area contributed by atoms with E-state index in [1.54, 1.807) is 11.3 Å². The molecule has 0 saturated heterocycles. The average molecular weight is 200 g/mol. The number of nitrogens with two attached hydrogens (primary N) is 1. The molecule has 0 saturated carbocycles. The number of anilines is 1. The van der Waals surface area contributed by atoms with Crippen molar-refractivity contribution in [3.63, 3.8) is 0 Å². The lowest BCUT2D eigenvalue weighted by atomic mass is 10.0. The summed E-state index contributed by atoms with van der Waals surface area (Å²) in [6, 6.07) is 0.178. The van der Waals surface area contributed by atoms with Gasteiger partial charge in [-0.15, -0.1) is 10.2 Å². The molecule has 0 aromatic carbocycles. The van der Waals surface area contributed by atoms with E-state index < -0.39 is 0 Å². The molecule has 1 aromatic heterocycles. The highest BCUT2D eigenvalue weighted by Gasteiger charge is 2.11. The fraction of sp³-hybridized carbons (Fsp3) is 0.750. The molecule has 0 radical (unpaired) electrons. The summed E-state index contributed by atoms with van der Waals surface area (Å²) in [6.07, 6.45) is 0.816. The molecule has 4 nitrogen and oxygen atoms in total. The van der Waals surface area contributed by atoms with E-state index in [0.717, 1.165) is 16.6 Å². The van der Waals surface area contributed by atoms with Crippen molar-refractivity contribution in [2.45, 2.75) is 26.3 Å². The smallest absolute Gasteiger partial charge is 0.205 e. The summed E-state index contributed by atoms with van der Waals surface area (Å²) >= 11 is 1.57. The average Bonchev–Trinajstić information content (AvgIpc) is 2.52. The van der Waals surface area contributed by atoms with E-state index in [9.17, 15) is 0 Å². The van der Waals surface area contributed by atoms with Gasteiger partial charge in [-0.1, -0.05) is 25.2 Å². The zero-order valence-corrected chi connectivity index (χ0v) is 9.06. The fourth-order valence-corrected chi connectivity index (χ4v) is 1.64. The fourth-order valence-electron chi connectivity index (χ4n) is 0.874. The number of nitrogens with one attached hydrogen (secondary N) is 1. The predicted molar refractivity (Wildman–Crippen MR) is 56.0 cm³/mol. The van der Waals surface area contributed by atoms with Crippen LogP contribution in [-0.2, 0) is 6.42 Å². The van der Waals surface area contributed by atoms with Crippen LogP contribution >= 0.6 is 11.3 Å². The molecule has 0 spiro atoms. The number of hydrogen-bond donors (Lipinski definition) is 2. The summed E-state index contributed by atoms with van der Waals surface area (Å²) in [4.78, 5) is 0. The first-order chi connectivity index (χ1) is 6.13. The topological polar surface area (TPSA) is 63.8 Å². The Morgan fingerprint density at radius 1 is 1.46 bits per heavy atom. The van der Waals surface area contributed by atoms with Crippen molar-refractivity contribution in [1.82, 2.24) is 10.2 Å². The molecule has 5 heteroatoms. The molecule has 13 heavy (non-hydrogen) atoms. The van der Waals surface area contributed by atoms with Gasteiger partial charge in [0.05, 0.1) is 0 Å². The minimum absolute atomic E-state index is 0.178. The van der Waals surface area contributed by atoms with Crippen molar-refractivity contribution in [2.75, 3.05) is 12.4 Å². The van der Waals surface area contributed by atoms with Crippen molar-refractivity contribution in [2.24, 2.45) is 11.7 Å². The van der Waals surface area contributed by atoms with Crippen LogP contribution in [0.15, 0.2) is 0 Å². The number of nitrogens with zero attached hydrogens (tertiary/aromatic N) is 2. The maximum atomic E-state index is 5.92. The first-order valence-electron chi connectivity index (χ1n) is 4.39. The van der Waals surface area contributed by atoms with Gasteiger partial charge in [0.15, 0.2) is 0 Å². The summed E-state index contributed by atoms with van der Waals surface area (Å²) in [5.41, 5.74) is 5.92. The van der Waals surface area contributed by atoms with Crippen LogP contribution in [-0.4, -0.2) is 23.3 Å². The molecule has 0 aliphatic heterocycles. The molecular weight excluding hydrogens is 184 g/mol. The molecule has 0 aliphatic rings. The van der Waals surface area contributed by atoms with Gasteiger partial charge in [0, 0.05) is 19.5 Å². The van der Waals surface area contributed by atoms with E-state index in [2.05, 4.69) is 29.4 Å². The third-order valence-electron chi connectivity index (χ3n) is 1.95. The van der Waals surface area contributed by atoms with Crippen LogP contribution in [0.2, 0.25) is 0 Å². The van der Waals surface area contributed by atoms with Crippen molar-refractivity contribution >= 4 is 16.5 Å². The summed E-state index contributed by atoms with van der Waals surface area (Å²) in [6.45, 7) is 4.23. The minimum atomic E-state index is 0.178. The highest BCUT2D eigenvalue weighted by Crippen LogP contribution is 2.16. The van der Waals surface area contributed by atoms with Crippen LogP contribution < -0.4 is 11.1 Å². The van der Waals surface area contributed by atoms with Crippen LogP contribution in [0.25, 0.3) is 0 Å². The molecule has 1 rings (SSSR count). The van der Waals surface area contributed by atoms with Crippen molar-refractivity contribution < 1.29 is 0 Å². The normalized spacial score (nSPS) is 13.3. The predicted octanol–water partition coefficient (Wildman–Crippen LogP) is 1.11. The monoisotopic (exact) mass is 200 g/mol. The third kappa shape index (κ3) is 2.93. The van der Waals surface area contributed by atoms with E-state index >= 15 is 0 Å². The molecule has 3 N–H and O–H groups in total. The Bertz CT molecular complexity index is 258. The molecule has 0 unspecified atom stereocenters. The summed E-state index contributed by atoms with van der Waals surface area (Å²) in [7, 11) is 1.84. The van der Waals surface area contributed by atoms with Gasteiger partial charge in [-0.05, 0) is 5.92 Å². The third-order valence-corrected chi connectivity index (χ3v) is 2.91. The van der Waals surface area contributed by atoms with Crippen molar-refractivity contribution in [3.8, 4) is 0 Å². The molecule has 74 valence electrons. The second kappa shape index (κ2) is 4.53. The lowest BCUT2D eigenvalue weighted by Crippen LogP contribution is -2.28. The van der Waals surface area contributed by atoms with Crippen molar-refractivity contribution in [3.05, 3.63) is 5.01 Å². The first kappa shape index (κ1) is 10.4. The zero-order chi connectivity index (χ0) is 9.84. The molecule has 1 aromatic rings. The Kier molecular flexibility index (Phi) is 3.62. The maximum Gasteiger partial charge on any atom is 0.205 e. The van der Waals surface area contributed by atoms with Crippen LogP contribution in [0, 0.1) is 5.92 Å². The standard InChI is InChI=1S/C8H16N4S/c1-5(2)6(9)4-7-11-12-8(10-3)13-7/h5-6H,4,9H2,1-3H3,(H,10,12)/t6-/m0/s1. The Morgan fingerprint density at radius 3 is 2.62 bits per heavy atom. The second-order valence-corrected chi connectivity index (χ2v) is 4.43. The van der Waals surface area contributed by atoms with Gasteiger partial charge in [0.25, 0.3) is 0 Å². The summed E-state index contributed by atoms with van der Waals surface area (Å²) in [5, 5.41) is 12.8. The summed E-state index contributed by atoms with van der Waals surface area (Å²) < 4.78 is 0. The number of hydrogen-bond acceptors (Lipinski definition) is 5. The first-order valence-corrected chi connectivity index (χ1v) is 5.21. The molecule has 0 bridgehead atoms. The SMILES string of the molecule is CNc1nnc(C[C@H](N)C(C)C)s1. The minimum Gasteiger partial charge on any atom is -0.363 e. The molecule has 1 atom stereocenters. The highest BCUT2D eigenvalue weighted by molar-refractivity contribution is 7.15. The largest absolute Gasteiger partial charge is 0.363 e. The van der Waals surface area contributed by atoms with Gasteiger partial charge >= 0.3 is 0 Å². The van der Waals surface area contributed by atoms with Gasteiger partial charge in [0.2, 0.25) is 5.13 Å². The van der Waals surface area contributed by atoms with Crippen LogP contribution in [0.4, 0.5) is 5.13 Å². The van der Waals surface area contributed by atoms with Gasteiger partial charge in [-0.3, -0.25) is 0 Å². The van der Waals surface area contributed by atoms with E-state index in [-0.39, 0.29) is 6.04 Å². The second-order valence-electron chi connectivity index (χ2n) is 3.36.